The summed E-state index contributed by atoms with van der Waals surface area (Å²) >= 11 is 0.897. The Balaban J connectivity index is 2.19. The van der Waals surface area contributed by atoms with E-state index in [0.29, 0.717) is 4.88 Å². The van der Waals surface area contributed by atoms with E-state index >= 15 is 0 Å². The molecule has 0 radical (unpaired) electrons. The van der Waals surface area contributed by atoms with Gasteiger partial charge in [-0.25, -0.2) is 9.48 Å². The molecule has 0 fully saturated rings. The summed E-state index contributed by atoms with van der Waals surface area (Å²) in [6.45, 7) is 1.46. The van der Waals surface area contributed by atoms with Crippen LogP contribution in [-0.4, -0.2) is 42.0 Å². The fraction of sp³-hybridized carbons (Fsp3) is 0.333. The number of halogens is 8. The quantitative estimate of drug-likeness (QED) is 0.566. The molecule has 1 N–H and O–H groups in total. The third kappa shape index (κ3) is 3.75. The average Bonchev–Trinajstić information content (AvgIpc) is 3.29. The molecular weight excluding hydrogens is 466 g/mol. The van der Waals surface area contributed by atoms with Crippen molar-refractivity contribution in [3.63, 3.8) is 0 Å². The summed E-state index contributed by atoms with van der Waals surface area (Å²) in [5.74, 6) is -7.16. The monoisotopic (exact) mass is 475 g/mol. The number of hydrogen-bond donors (Lipinski definition) is 1. The van der Waals surface area contributed by atoms with Crippen LogP contribution in [0.3, 0.4) is 0 Å². The summed E-state index contributed by atoms with van der Waals surface area (Å²) in [4.78, 5) is 11.5. The largest absolute Gasteiger partial charge is 0.478 e. The van der Waals surface area contributed by atoms with E-state index < -0.39 is 46.9 Å². The zero-order chi connectivity index (χ0) is 23.5. The summed E-state index contributed by atoms with van der Waals surface area (Å²) in [5.41, 5.74) is -6.79. The van der Waals surface area contributed by atoms with Crippen LogP contribution in [0.5, 0.6) is 0 Å². The molecular formula is C15H9F8N5O2S. The van der Waals surface area contributed by atoms with E-state index in [2.05, 4.69) is 15.4 Å². The molecule has 0 aliphatic heterocycles. The van der Waals surface area contributed by atoms with E-state index in [1.165, 1.54) is 6.92 Å². The number of nitrogens with zero attached hydrogens (tertiary/aromatic N) is 5. The molecule has 0 aromatic carbocycles. The lowest BCUT2D eigenvalue weighted by Crippen LogP contribution is -2.36. The van der Waals surface area contributed by atoms with E-state index in [1.807, 2.05) is 0 Å². The van der Waals surface area contributed by atoms with Gasteiger partial charge < -0.3 is 5.11 Å². The van der Waals surface area contributed by atoms with Gasteiger partial charge in [-0.05, 0) is 13.0 Å². The topological polar surface area (TPSA) is 85.8 Å². The second-order valence-electron chi connectivity index (χ2n) is 6.17. The zero-order valence-corrected chi connectivity index (χ0v) is 16.0. The van der Waals surface area contributed by atoms with E-state index in [-0.39, 0.29) is 15.2 Å². The van der Waals surface area contributed by atoms with E-state index in [0.717, 1.165) is 35.3 Å². The first-order chi connectivity index (χ1) is 14.1. The number of carbonyl (C=O) groups is 1. The van der Waals surface area contributed by atoms with Crippen LogP contribution in [0.1, 0.15) is 26.5 Å². The number of carboxylic acids is 1. The normalized spacial score (nSPS) is 13.1. The lowest BCUT2D eigenvalue weighted by molar-refractivity contribution is -0.292. The second-order valence-corrected chi connectivity index (χ2v) is 7.41. The SMILES string of the molecule is Cc1sc(-n2cc(-c3c(C(F)(F)F)c(C(F)(F)C(F)(F)F)nn3C)nn2)cc1C(=O)O. The molecule has 0 bridgehead atoms. The second kappa shape index (κ2) is 7.00. The fourth-order valence-electron chi connectivity index (χ4n) is 2.71. The average molecular weight is 475 g/mol. The number of carboxylic acid groups (broad SMARTS) is 1. The van der Waals surface area contributed by atoms with Gasteiger partial charge in [0.05, 0.1) is 11.8 Å². The number of aromatic nitrogens is 5. The maximum Gasteiger partial charge on any atom is 0.459 e. The van der Waals surface area contributed by atoms with Crippen LogP contribution >= 0.6 is 11.3 Å². The molecule has 0 atom stereocenters. The molecule has 0 spiro atoms. The highest BCUT2D eigenvalue weighted by Crippen LogP contribution is 2.50. The van der Waals surface area contributed by atoms with Crippen LogP contribution in [0.15, 0.2) is 12.3 Å². The maximum absolute atomic E-state index is 13.8. The van der Waals surface area contributed by atoms with Gasteiger partial charge in [0.25, 0.3) is 0 Å². The predicted octanol–water partition coefficient (Wildman–Crippen LogP) is 4.41. The van der Waals surface area contributed by atoms with Crippen molar-refractivity contribution in [2.45, 2.75) is 25.2 Å². The van der Waals surface area contributed by atoms with Crippen molar-refractivity contribution in [1.82, 2.24) is 24.8 Å². The van der Waals surface area contributed by atoms with Gasteiger partial charge in [-0.2, -0.15) is 40.2 Å². The van der Waals surface area contributed by atoms with Crippen LogP contribution in [-0.2, 0) is 19.1 Å². The van der Waals surface area contributed by atoms with Crippen molar-refractivity contribution >= 4 is 17.3 Å². The molecule has 0 unspecified atom stereocenters. The van der Waals surface area contributed by atoms with Gasteiger partial charge in [0.1, 0.15) is 22.0 Å². The molecule has 31 heavy (non-hydrogen) atoms. The Morgan fingerprint density at radius 3 is 2.23 bits per heavy atom. The Morgan fingerprint density at radius 1 is 1.13 bits per heavy atom. The third-order valence-corrected chi connectivity index (χ3v) is 5.12. The highest BCUT2D eigenvalue weighted by molar-refractivity contribution is 7.14. The summed E-state index contributed by atoms with van der Waals surface area (Å²) in [5, 5.41) is 18.9. The summed E-state index contributed by atoms with van der Waals surface area (Å²) in [7, 11) is 0.747. The summed E-state index contributed by atoms with van der Waals surface area (Å²) in [6, 6.07) is 1.15. The van der Waals surface area contributed by atoms with Crippen LogP contribution in [0.4, 0.5) is 35.1 Å². The number of aryl methyl sites for hydroxylation is 2. The highest BCUT2D eigenvalue weighted by atomic mass is 32.1. The van der Waals surface area contributed by atoms with Crippen molar-refractivity contribution in [2.24, 2.45) is 7.05 Å². The molecule has 3 aromatic heterocycles. The minimum atomic E-state index is -6.32. The van der Waals surface area contributed by atoms with Crippen molar-refractivity contribution < 1.29 is 45.0 Å². The molecule has 0 aliphatic carbocycles. The Labute approximate surface area is 170 Å². The fourth-order valence-corrected chi connectivity index (χ4v) is 3.64. The number of aromatic carboxylic acids is 1. The molecule has 3 rings (SSSR count). The maximum atomic E-state index is 13.8. The molecule has 168 valence electrons. The molecule has 7 nitrogen and oxygen atoms in total. The minimum Gasteiger partial charge on any atom is -0.478 e. The van der Waals surface area contributed by atoms with Crippen LogP contribution in [0, 0.1) is 6.92 Å². The number of hydrogen-bond acceptors (Lipinski definition) is 5. The number of thiophene rings is 1. The van der Waals surface area contributed by atoms with Crippen molar-refractivity contribution in [1.29, 1.82) is 0 Å². The molecule has 3 heterocycles. The molecule has 0 amide bonds. The van der Waals surface area contributed by atoms with Gasteiger partial charge in [0.15, 0.2) is 5.69 Å². The first kappa shape index (κ1) is 22.6. The lowest BCUT2D eigenvalue weighted by Gasteiger charge is -2.19. The third-order valence-electron chi connectivity index (χ3n) is 4.08. The van der Waals surface area contributed by atoms with Gasteiger partial charge >= 0.3 is 24.2 Å². The van der Waals surface area contributed by atoms with Gasteiger partial charge in [-0.1, -0.05) is 5.21 Å². The van der Waals surface area contributed by atoms with Crippen molar-refractivity contribution in [3.8, 4) is 16.4 Å². The standard InChI is InChI=1S/C15H9F8N5O2S/c1-5-6(12(29)30)3-8(31-5)28-4-7(24-26-28)10-9(14(18,19)20)11(25-27(10)2)13(16,17)15(21,22)23/h3-4H,1-2H3,(H,29,30). The number of alkyl halides is 8. The van der Waals surface area contributed by atoms with E-state index in [4.69, 9.17) is 5.11 Å². The first-order valence-electron chi connectivity index (χ1n) is 7.91. The molecule has 16 heteroatoms. The summed E-state index contributed by atoms with van der Waals surface area (Å²) in [6.07, 6.45) is -11.1. The van der Waals surface area contributed by atoms with Crippen LogP contribution in [0.2, 0.25) is 0 Å². The zero-order valence-electron chi connectivity index (χ0n) is 15.2. The van der Waals surface area contributed by atoms with Gasteiger partial charge in [0.2, 0.25) is 0 Å². The highest BCUT2D eigenvalue weighted by Gasteiger charge is 2.64. The Morgan fingerprint density at radius 2 is 1.74 bits per heavy atom. The molecule has 3 aromatic rings. The van der Waals surface area contributed by atoms with Gasteiger partial charge in [-0.15, -0.1) is 16.4 Å². The predicted molar refractivity (Wildman–Crippen MR) is 88.1 cm³/mol. The Hall–Kier alpha value is -3.04. The van der Waals surface area contributed by atoms with E-state index in [9.17, 15) is 39.9 Å². The van der Waals surface area contributed by atoms with Crippen molar-refractivity contribution in [3.05, 3.63) is 34.0 Å². The molecule has 0 saturated carbocycles. The van der Waals surface area contributed by atoms with Crippen molar-refractivity contribution in [2.75, 3.05) is 0 Å². The van der Waals surface area contributed by atoms with E-state index in [1.54, 1.807) is 0 Å². The Bertz CT molecular complexity index is 1160. The first-order valence-corrected chi connectivity index (χ1v) is 8.73. The lowest BCUT2D eigenvalue weighted by atomic mass is 10.1. The number of rotatable bonds is 4. The van der Waals surface area contributed by atoms with Gasteiger partial charge in [0, 0.05) is 11.9 Å². The smallest absolute Gasteiger partial charge is 0.459 e. The minimum absolute atomic E-state index is 0.110. The Kier molecular flexibility index (Phi) is 5.11. The van der Waals surface area contributed by atoms with Crippen LogP contribution in [0.25, 0.3) is 16.4 Å². The molecule has 0 saturated heterocycles. The van der Waals surface area contributed by atoms with Gasteiger partial charge in [-0.3, -0.25) is 4.68 Å². The van der Waals surface area contributed by atoms with Crippen LogP contribution < -0.4 is 0 Å². The summed E-state index contributed by atoms with van der Waals surface area (Å²) < 4.78 is 107. The molecule has 0 aliphatic rings.